The third-order valence-corrected chi connectivity index (χ3v) is 4.29. The number of rotatable bonds is 5. The van der Waals surface area contributed by atoms with Crippen molar-refractivity contribution in [2.45, 2.75) is 20.3 Å². The molecule has 9 heteroatoms. The number of aryl methyl sites for hydroxylation is 2. The lowest BCUT2D eigenvalue weighted by Crippen LogP contribution is -2.12. The second kappa shape index (κ2) is 7.63. The smallest absolute Gasteiger partial charge is 0.275 e. The lowest BCUT2D eigenvalue weighted by molar-refractivity contribution is 0.102. The SMILES string of the molecule is CCc1noc(-c2ccnc(-n3cnc(C(=O)Nc4ccc(C)c(F)c4)c3)c2)n1. The van der Waals surface area contributed by atoms with Gasteiger partial charge < -0.3 is 9.84 Å². The molecule has 4 rings (SSSR count). The van der Waals surface area contributed by atoms with E-state index in [1.807, 2.05) is 6.92 Å². The molecule has 4 aromatic rings. The molecule has 0 aliphatic carbocycles. The summed E-state index contributed by atoms with van der Waals surface area (Å²) >= 11 is 0. The Hall–Kier alpha value is -3.88. The number of hydrogen-bond acceptors (Lipinski definition) is 6. The Balaban J connectivity index is 1.54. The van der Waals surface area contributed by atoms with Gasteiger partial charge in [-0.15, -0.1) is 0 Å². The Bertz CT molecular complexity index is 1180. The van der Waals surface area contributed by atoms with Gasteiger partial charge in [-0.1, -0.05) is 18.1 Å². The van der Waals surface area contributed by atoms with Gasteiger partial charge in [-0.25, -0.2) is 14.4 Å². The number of pyridine rings is 1. The van der Waals surface area contributed by atoms with Crippen LogP contribution in [-0.2, 0) is 6.42 Å². The summed E-state index contributed by atoms with van der Waals surface area (Å²) in [7, 11) is 0. The molecule has 146 valence electrons. The molecular weight excluding hydrogens is 375 g/mol. The van der Waals surface area contributed by atoms with E-state index in [1.165, 1.54) is 18.6 Å². The molecule has 1 aromatic carbocycles. The molecule has 8 nitrogen and oxygen atoms in total. The Morgan fingerprint density at radius 2 is 2.10 bits per heavy atom. The standard InChI is InChI=1S/C20H17FN6O2/c1-3-17-25-20(29-26-17)13-6-7-22-18(8-13)27-10-16(23-11-27)19(28)24-14-5-4-12(2)15(21)9-14/h4-11H,3H2,1-2H3,(H,24,28). The van der Waals surface area contributed by atoms with Crippen LogP contribution in [0.15, 0.2) is 53.6 Å². The van der Waals surface area contributed by atoms with Crippen LogP contribution in [0.2, 0.25) is 0 Å². The molecule has 0 aliphatic rings. The van der Waals surface area contributed by atoms with Crippen molar-refractivity contribution in [1.29, 1.82) is 0 Å². The van der Waals surface area contributed by atoms with Crippen LogP contribution in [0.25, 0.3) is 17.3 Å². The van der Waals surface area contributed by atoms with E-state index < -0.39 is 5.91 Å². The number of nitrogens with one attached hydrogen (secondary N) is 1. The first kappa shape index (κ1) is 18.5. The summed E-state index contributed by atoms with van der Waals surface area (Å²) in [6.45, 7) is 3.59. The highest BCUT2D eigenvalue weighted by Gasteiger charge is 2.13. The number of imidazole rings is 1. The van der Waals surface area contributed by atoms with Crippen molar-refractivity contribution in [3.05, 3.63) is 72.0 Å². The number of carbonyl (C=O) groups excluding carboxylic acids is 1. The van der Waals surface area contributed by atoms with Gasteiger partial charge in [0.1, 0.15) is 23.7 Å². The van der Waals surface area contributed by atoms with Crippen LogP contribution in [0.3, 0.4) is 0 Å². The molecule has 0 fully saturated rings. The van der Waals surface area contributed by atoms with E-state index in [0.29, 0.717) is 40.8 Å². The van der Waals surface area contributed by atoms with Crippen LogP contribution in [0.1, 0.15) is 28.8 Å². The van der Waals surface area contributed by atoms with Crippen molar-refractivity contribution in [2.24, 2.45) is 0 Å². The van der Waals surface area contributed by atoms with Crippen molar-refractivity contribution >= 4 is 11.6 Å². The summed E-state index contributed by atoms with van der Waals surface area (Å²) in [6.07, 6.45) is 5.29. The van der Waals surface area contributed by atoms with Gasteiger partial charge >= 0.3 is 0 Å². The van der Waals surface area contributed by atoms with Gasteiger partial charge in [0.2, 0.25) is 0 Å². The number of halogens is 1. The van der Waals surface area contributed by atoms with Gasteiger partial charge in [0.25, 0.3) is 11.8 Å². The zero-order valence-electron chi connectivity index (χ0n) is 15.8. The highest BCUT2D eigenvalue weighted by molar-refractivity contribution is 6.02. The van der Waals surface area contributed by atoms with Crippen LogP contribution in [0.5, 0.6) is 0 Å². The summed E-state index contributed by atoms with van der Waals surface area (Å²) in [6, 6.07) is 8.01. The molecule has 0 saturated heterocycles. The Labute approximate surface area is 165 Å². The molecular formula is C20H17FN6O2. The van der Waals surface area contributed by atoms with Gasteiger partial charge in [-0.2, -0.15) is 4.98 Å². The lowest BCUT2D eigenvalue weighted by Gasteiger charge is -2.04. The van der Waals surface area contributed by atoms with Crippen molar-refractivity contribution in [2.75, 3.05) is 5.32 Å². The average molecular weight is 392 g/mol. The van der Waals surface area contributed by atoms with Crippen LogP contribution in [-0.4, -0.2) is 30.6 Å². The average Bonchev–Trinajstić information content (AvgIpc) is 3.41. The Morgan fingerprint density at radius 3 is 2.86 bits per heavy atom. The van der Waals surface area contributed by atoms with Crippen molar-refractivity contribution in [1.82, 2.24) is 24.7 Å². The number of amides is 1. The number of benzene rings is 1. The number of nitrogens with zero attached hydrogens (tertiary/aromatic N) is 5. The van der Waals surface area contributed by atoms with E-state index in [4.69, 9.17) is 4.52 Å². The fourth-order valence-electron chi connectivity index (χ4n) is 2.64. The first-order valence-electron chi connectivity index (χ1n) is 8.94. The van der Waals surface area contributed by atoms with Gasteiger partial charge in [0, 0.05) is 30.1 Å². The molecule has 0 saturated carbocycles. The predicted octanol–water partition coefficient (Wildman–Crippen LogP) is 3.58. The quantitative estimate of drug-likeness (QED) is 0.557. The second-order valence-electron chi connectivity index (χ2n) is 6.36. The van der Waals surface area contributed by atoms with E-state index in [0.717, 1.165) is 0 Å². The summed E-state index contributed by atoms with van der Waals surface area (Å²) in [5.41, 5.74) is 1.74. The highest BCUT2D eigenvalue weighted by atomic mass is 19.1. The molecule has 3 aromatic heterocycles. The van der Waals surface area contributed by atoms with Crippen LogP contribution in [0.4, 0.5) is 10.1 Å². The molecule has 0 atom stereocenters. The summed E-state index contributed by atoms with van der Waals surface area (Å²) in [5.74, 6) is 0.707. The van der Waals surface area contributed by atoms with Crippen LogP contribution < -0.4 is 5.32 Å². The van der Waals surface area contributed by atoms with Gasteiger partial charge in [-0.05, 0) is 36.8 Å². The van der Waals surface area contributed by atoms with Gasteiger partial charge in [0.15, 0.2) is 5.82 Å². The maximum atomic E-state index is 13.7. The first-order chi connectivity index (χ1) is 14.0. The fraction of sp³-hybridized carbons (Fsp3) is 0.150. The molecule has 3 heterocycles. The Morgan fingerprint density at radius 1 is 1.24 bits per heavy atom. The minimum absolute atomic E-state index is 0.171. The monoisotopic (exact) mass is 392 g/mol. The number of carbonyl (C=O) groups is 1. The molecule has 29 heavy (non-hydrogen) atoms. The fourth-order valence-corrected chi connectivity index (χ4v) is 2.64. The summed E-state index contributed by atoms with van der Waals surface area (Å²) in [4.78, 5) is 25.1. The molecule has 0 bridgehead atoms. The maximum Gasteiger partial charge on any atom is 0.275 e. The van der Waals surface area contributed by atoms with E-state index in [9.17, 15) is 9.18 Å². The van der Waals surface area contributed by atoms with E-state index in [-0.39, 0.29) is 11.5 Å². The number of aromatic nitrogens is 5. The number of anilines is 1. The molecule has 0 aliphatic heterocycles. The molecule has 1 N–H and O–H groups in total. The van der Waals surface area contributed by atoms with Gasteiger partial charge in [-0.3, -0.25) is 9.36 Å². The van der Waals surface area contributed by atoms with E-state index >= 15 is 0 Å². The third-order valence-electron chi connectivity index (χ3n) is 4.29. The second-order valence-corrected chi connectivity index (χ2v) is 6.36. The third kappa shape index (κ3) is 3.88. The molecule has 0 unspecified atom stereocenters. The van der Waals surface area contributed by atoms with Crippen molar-refractivity contribution in [3.63, 3.8) is 0 Å². The van der Waals surface area contributed by atoms with Gasteiger partial charge in [0.05, 0.1) is 0 Å². The van der Waals surface area contributed by atoms with E-state index in [2.05, 4.69) is 25.4 Å². The summed E-state index contributed by atoms with van der Waals surface area (Å²) in [5, 5.41) is 6.52. The molecule has 0 radical (unpaired) electrons. The minimum Gasteiger partial charge on any atom is -0.334 e. The zero-order chi connectivity index (χ0) is 20.4. The van der Waals surface area contributed by atoms with Crippen LogP contribution in [0, 0.1) is 12.7 Å². The minimum atomic E-state index is -0.451. The highest BCUT2D eigenvalue weighted by Crippen LogP contribution is 2.20. The van der Waals surface area contributed by atoms with E-state index in [1.54, 1.807) is 42.0 Å². The maximum absolute atomic E-state index is 13.7. The number of hydrogen-bond donors (Lipinski definition) is 1. The Kier molecular flexibility index (Phi) is 4.86. The lowest BCUT2D eigenvalue weighted by atomic mass is 10.2. The summed E-state index contributed by atoms with van der Waals surface area (Å²) < 4.78 is 20.5. The predicted molar refractivity (Wildman–Crippen MR) is 103 cm³/mol. The molecule has 0 spiro atoms. The largest absolute Gasteiger partial charge is 0.334 e. The van der Waals surface area contributed by atoms with Crippen molar-refractivity contribution < 1.29 is 13.7 Å². The normalized spacial score (nSPS) is 10.9. The first-order valence-corrected chi connectivity index (χ1v) is 8.94. The topological polar surface area (TPSA) is 98.7 Å². The van der Waals surface area contributed by atoms with Crippen LogP contribution >= 0.6 is 0 Å². The molecule has 1 amide bonds. The van der Waals surface area contributed by atoms with Crippen molar-refractivity contribution in [3.8, 4) is 17.3 Å². The zero-order valence-corrected chi connectivity index (χ0v) is 15.8.